The van der Waals surface area contributed by atoms with Gasteiger partial charge in [-0.05, 0) is 55.7 Å². The normalized spacial score (nSPS) is 28.1. The van der Waals surface area contributed by atoms with E-state index in [2.05, 4.69) is 26.1 Å². The second-order valence-electron chi connectivity index (χ2n) is 6.32. The molecule has 1 aliphatic carbocycles. The molecule has 0 bridgehead atoms. The van der Waals surface area contributed by atoms with Crippen LogP contribution in [0.4, 0.5) is 0 Å². The third-order valence-corrected chi connectivity index (χ3v) is 4.60. The van der Waals surface area contributed by atoms with Gasteiger partial charge in [0.25, 0.3) is 0 Å². The average molecular weight is 277 g/mol. The Hall–Kier alpha value is -1.22. The van der Waals surface area contributed by atoms with Crippen LogP contribution in [0.15, 0.2) is 18.2 Å². The van der Waals surface area contributed by atoms with Crippen molar-refractivity contribution in [2.75, 3.05) is 7.11 Å². The van der Waals surface area contributed by atoms with Crippen LogP contribution < -0.4 is 10.1 Å². The predicted molar refractivity (Wildman–Crippen MR) is 82.2 cm³/mol. The molecule has 3 nitrogen and oxygen atoms in total. The molecule has 1 aliphatic rings. The van der Waals surface area contributed by atoms with Crippen LogP contribution in [0, 0.1) is 11.8 Å². The van der Waals surface area contributed by atoms with Crippen LogP contribution in [0.2, 0.25) is 0 Å². The quantitative estimate of drug-likeness (QED) is 0.877. The molecule has 0 aliphatic heterocycles. The molecule has 0 aromatic heterocycles. The van der Waals surface area contributed by atoms with E-state index >= 15 is 0 Å². The van der Waals surface area contributed by atoms with E-state index in [1.807, 2.05) is 12.1 Å². The number of hydrogen-bond donors (Lipinski definition) is 2. The molecule has 0 saturated heterocycles. The van der Waals surface area contributed by atoms with Crippen molar-refractivity contribution < 1.29 is 9.84 Å². The zero-order valence-electron chi connectivity index (χ0n) is 13.0. The largest absolute Gasteiger partial charge is 0.504 e. The zero-order chi connectivity index (χ0) is 14.7. The highest BCUT2D eigenvalue weighted by molar-refractivity contribution is 5.42. The van der Waals surface area contributed by atoms with E-state index < -0.39 is 0 Å². The Balaban J connectivity index is 2.02. The van der Waals surface area contributed by atoms with Crippen molar-refractivity contribution in [2.24, 2.45) is 11.8 Å². The lowest BCUT2D eigenvalue weighted by Gasteiger charge is -2.35. The van der Waals surface area contributed by atoms with Gasteiger partial charge >= 0.3 is 0 Å². The molecule has 112 valence electrons. The Morgan fingerprint density at radius 1 is 1.30 bits per heavy atom. The number of phenolic OH excluding ortho intramolecular Hbond substituents is 1. The van der Waals surface area contributed by atoms with Crippen LogP contribution in [0.3, 0.4) is 0 Å². The van der Waals surface area contributed by atoms with E-state index in [-0.39, 0.29) is 11.8 Å². The van der Waals surface area contributed by atoms with Crippen LogP contribution in [-0.4, -0.2) is 18.3 Å². The van der Waals surface area contributed by atoms with Gasteiger partial charge in [0.15, 0.2) is 11.5 Å². The van der Waals surface area contributed by atoms with Gasteiger partial charge in [0.05, 0.1) is 7.11 Å². The first kappa shape index (κ1) is 15.2. The molecule has 2 rings (SSSR count). The van der Waals surface area contributed by atoms with Crippen molar-refractivity contribution in [1.82, 2.24) is 5.32 Å². The number of phenols is 1. The Bertz CT molecular complexity index is 447. The van der Waals surface area contributed by atoms with E-state index in [1.54, 1.807) is 13.2 Å². The van der Waals surface area contributed by atoms with Crippen molar-refractivity contribution in [3.63, 3.8) is 0 Å². The molecule has 4 unspecified atom stereocenters. The lowest BCUT2D eigenvalue weighted by molar-refractivity contribution is 0.216. The van der Waals surface area contributed by atoms with Gasteiger partial charge in [-0.15, -0.1) is 0 Å². The van der Waals surface area contributed by atoms with Crippen LogP contribution in [-0.2, 0) is 0 Å². The number of ether oxygens (including phenoxy) is 1. The molecule has 0 amide bonds. The van der Waals surface area contributed by atoms with Crippen molar-refractivity contribution in [2.45, 2.75) is 52.1 Å². The highest BCUT2D eigenvalue weighted by atomic mass is 16.5. The summed E-state index contributed by atoms with van der Waals surface area (Å²) in [5, 5.41) is 13.4. The van der Waals surface area contributed by atoms with Crippen LogP contribution in [0.25, 0.3) is 0 Å². The van der Waals surface area contributed by atoms with Gasteiger partial charge in [-0.1, -0.05) is 19.9 Å². The number of aromatic hydroxyl groups is 1. The minimum atomic E-state index is 0.198. The van der Waals surface area contributed by atoms with Gasteiger partial charge in [0.1, 0.15) is 0 Å². The Kier molecular flexibility index (Phi) is 4.92. The first-order valence-electron chi connectivity index (χ1n) is 7.64. The zero-order valence-corrected chi connectivity index (χ0v) is 13.0. The summed E-state index contributed by atoms with van der Waals surface area (Å²) in [5.74, 6) is 2.32. The average Bonchev–Trinajstić information content (AvgIpc) is 2.42. The minimum Gasteiger partial charge on any atom is -0.504 e. The molecule has 20 heavy (non-hydrogen) atoms. The SMILES string of the molecule is COc1cc(C(C)NC2CCC(C)CC2C)ccc1O. The molecule has 0 spiro atoms. The maximum absolute atomic E-state index is 9.66. The van der Waals surface area contributed by atoms with Crippen molar-refractivity contribution in [3.8, 4) is 11.5 Å². The monoisotopic (exact) mass is 277 g/mol. The molecule has 4 atom stereocenters. The molecule has 1 aromatic rings. The molecule has 2 N–H and O–H groups in total. The molecule has 1 fully saturated rings. The lowest BCUT2D eigenvalue weighted by atomic mass is 9.79. The van der Waals surface area contributed by atoms with E-state index in [0.29, 0.717) is 11.8 Å². The predicted octanol–water partition coefficient (Wildman–Crippen LogP) is 3.88. The summed E-state index contributed by atoms with van der Waals surface area (Å²) < 4.78 is 5.18. The van der Waals surface area contributed by atoms with Gasteiger partial charge < -0.3 is 15.2 Å². The van der Waals surface area contributed by atoms with E-state index in [9.17, 15) is 5.11 Å². The molecule has 3 heteroatoms. The molecule has 1 aromatic carbocycles. The van der Waals surface area contributed by atoms with Gasteiger partial charge in [-0.25, -0.2) is 0 Å². The van der Waals surface area contributed by atoms with Crippen LogP contribution >= 0.6 is 0 Å². The molecular formula is C17H27NO2. The second kappa shape index (κ2) is 6.49. The van der Waals surface area contributed by atoms with E-state index in [1.165, 1.54) is 19.3 Å². The molecular weight excluding hydrogens is 250 g/mol. The van der Waals surface area contributed by atoms with Gasteiger partial charge in [-0.3, -0.25) is 0 Å². The maximum atomic E-state index is 9.66. The number of rotatable bonds is 4. The standard InChI is InChI=1S/C17H27NO2/c1-11-5-7-15(12(2)9-11)18-13(3)14-6-8-16(19)17(10-14)20-4/h6,8,10-13,15,18-19H,5,7,9H2,1-4H3. The first-order valence-corrected chi connectivity index (χ1v) is 7.64. The lowest BCUT2D eigenvalue weighted by Crippen LogP contribution is -2.40. The van der Waals surface area contributed by atoms with Gasteiger partial charge in [0.2, 0.25) is 0 Å². The van der Waals surface area contributed by atoms with Crippen LogP contribution in [0.1, 0.15) is 51.6 Å². The molecule has 0 radical (unpaired) electrons. The van der Waals surface area contributed by atoms with E-state index in [0.717, 1.165) is 17.4 Å². The Labute approximate surface area is 122 Å². The highest BCUT2D eigenvalue weighted by Crippen LogP contribution is 2.32. The fraction of sp³-hybridized carbons (Fsp3) is 0.647. The Morgan fingerprint density at radius 3 is 2.70 bits per heavy atom. The fourth-order valence-corrected chi connectivity index (χ4v) is 3.29. The Morgan fingerprint density at radius 2 is 2.05 bits per heavy atom. The fourth-order valence-electron chi connectivity index (χ4n) is 3.29. The molecule has 0 heterocycles. The maximum Gasteiger partial charge on any atom is 0.160 e. The summed E-state index contributed by atoms with van der Waals surface area (Å²) in [6, 6.07) is 6.44. The summed E-state index contributed by atoms with van der Waals surface area (Å²) in [7, 11) is 1.58. The number of hydrogen-bond acceptors (Lipinski definition) is 3. The summed E-state index contributed by atoms with van der Waals surface area (Å²) in [5.41, 5.74) is 1.16. The van der Waals surface area contributed by atoms with Gasteiger partial charge in [-0.2, -0.15) is 0 Å². The number of nitrogens with one attached hydrogen (secondary N) is 1. The first-order chi connectivity index (χ1) is 9.51. The third kappa shape index (κ3) is 3.45. The van der Waals surface area contributed by atoms with Crippen molar-refractivity contribution >= 4 is 0 Å². The minimum absolute atomic E-state index is 0.198. The number of methoxy groups -OCH3 is 1. The summed E-state index contributed by atoms with van der Waals surface area (Å²) in [4.78, 5) is 0. The summed E-state index contributed by atoms with van der Waals surface area (Å²) >= 11 is 0. The smallest absolute Gasteiger partial charge is 0.160 e. The summed E-state index contributed by atoms with van der Waals surface area (Å²) in [6.07, 6.45) is 3.87. The van der Waals surface area contributed by atoms with Crippen molar-refractivity contribution in [1.29, 1.82) is 0 Å². The topological polar surface area (TPSA) is 41.5 Å². The van der Waals surface area contributed by atoms with Gasteiger partial charge in [0, 0.05) is 12.1 Å². The van der Waals surface area contributed by atoms with Crippen molar-refractivity contribution in [3.05, 3.63) is 23.8 Å². The van der Waals surface area contributed by atoms with E-state index in [4.69, 9.17) is 4.74 Å². The second-order valence-corrected chi connectivity index (χ2v) is 6.32. The molecule has 1 saturated carbocycles. The third-order valence-electron chi connectivity index (χ3n) is 4.60. The number of benzene rings is 1. The highest BCUT2D eigenvalue weighted by Gasteiger charge is 2.26. The summed E-state index contributed by atoms with van der Waals surface area (Å²) in [6.45, 7) is 6.87. The van der Waals surface area contributed by atoms with Crippen LogP contribution in [0.5, 0.6) is 11.5 Å².